The van der Waals surface area contributed by atoms with Crippen LogP contribution in [0.2, 0.25) is 0 Å². The van der Waals surface area contributed by atoms with E-state index in [-0.39, 0.29) is 12.2 Å². The van der Waals surface area contributed by atoms with Gasteiger partial charge >= 0.3 is 0 Å². The standard InChI is InChI=1S/C13H24N4O/c1-9-7-17(8-10(2)18-9)13-12(5-6-14)11(3)15-16(13)4/h9-10H,5-8,14H2,1-4H3. The zero-order chi connectivity index (χ0) is 13.3. The number of nitrogens with zero attached hydrogens (tertiary/aromatic N) is 3. The van der Waals surface area contributed by atoms with Crippen LogP contribution in [0.25, 0.3) is 0 Å². The molecular formula is C13H24N4O. The average molecular weight is 252 g/mol. The Morgan fingerprint density at radius 1 is 1.33 bits per heavy atom. The molecule has 2 rings (SSSR count). The van der Waals surface area contributed by atoms with Gasteiger partial charge in [-0.3, -0.25) is 4.68 Å². The van der Waals surface area contributed by atoms with E-state index in [1.807, 2.05) is 11.7 Å². The lowest BCUT2D eigenvalue weighted by molar-refractivity contribution is -0.00569. The summed E-state index contributed by atoms with van der Waals surface area (Å²) in [5.74, 6) is 1.21. The number of rotatable bonds is 3. The van der Waals surface area contributed by atoms with Crippen LogP contribution in [-0.2, 0) is 18.2 Å². The van der Waals surface area contributed by atoms with Crippen molar-refractivity contribution in [3.63, 3.8) is 0 Å². The highest BCUT2D eigenvalue weighted by Crippen LogP contribution is 2.26. The van der Waals surface area contributed by atoms with E-state index in [0.717, 1.165) is 25.2 Å². The van der Waals surface area contributed by atoms with Crippen LogP contribution in [0, 0.1) is 6.92 Å². The highest BCUT2D eigenvalue weighted by molar-refractivity contribution is 5.51. The molecule has 2 heterocycles. The molecule has 1 aliphatic heterocycles. The van der Waals surface area contributed by atoms with Gasteiger partial charge in [-0.2, -0.15) is 5.10 Å². The van der Waals surface area contributed by atoms with E-state index in [4.69, 9.17) is 10.5 Å². The third-order valence-corrected chi connectivity index (χ3v) is 3.43. The fourth-order valence-electron chi connectivity index (χ4n) is 2.87. The highest BCUT2D eigenvalue weighted by Gasteiger charge is 2.27. The topological polar surface area (TPSA) is 56.3 Å². The van der Waals surface area contributed by atoms with Gasteiger partial charge in [-0.15, -0.1) is 0 Å². The quantitative estimate of drug-likeness (QED) is 0.866. The Hall–Kier alpha value is -1.07. The van der Waals surface area contributed by atoms with Gasteiger partial charge in [0, 0.05) is 25.7 Å². The predicted octanol–water partition coefficient (Wildman–Crippen LogP) is 0.843. The van der Waals surface area contributed by atoms with Crippen LogP contribution in [-0.4, -0.2) is 41.6 Å². The second-order valence-corrected chi connectivity index (χ2v) is 5.21. The summed E-state index contributed by atoms with van der Waals surface area (Å²) in [6, 6.07) is 0. The van der Waals surface area contributed by atoms with Crippen molar-refractivity contribution < 1.29 is 4.74 Å². The second-order valence-electron chi connectivity index (χ2n) is 5.21. The Labute approximate surface area is 109 Å². The van der Waals surface area contributed by atoms with E-state index in [0.29, 0.717) is 6.54 Å². The second kappa shape index (κ2) is 5.28. The molecule has 0 spiro atoms. The molecule has 0 aliphatic carbocycles. The van der Waals surface area contributed by atoms with Crippen LogP contribution in [0.15, 0.2) is 0 Å². The van der Waals surface area contributed by atoms with Gasteiger partial charge in [-0.25, -0.2) is 0 Å². The summed E-state index contributed by atoms with van der Waals surface area (Å²) in [6.07, 6.45) is 1.40. The number of aryl methyl sites for hydroxylation is 2. The Bertz CT molecular complexity index is 405. The van der Waals surface area contributed by atoms with E-state index in [1.54, 1.807) is 0 Å². The Morgan fingerprint density at radius 3 is 2.50 bits per heavy atom. The molecule has 1 aromatic heterocycles. The Kier molecular flexibility index (Phi) is 3.92. The molecule has 5 nitrogen and oxygen atoms in total. The molecule has 18 heavy (non-hydrogen) atoms. The molecule has 1 fully saturated rings. The minimum Gasteiger partial charge on any atom is -0.372 e. The van der Waals surface area contributed by atoms with Gasteiger partial charge < -0.3 is 15.4 Å². The molecule has 0 saturated carbocycles. The lowest BCUT2D eigenvalue weighted by Gasteiger charge is -2.37. The first-order valence-electron chi connectivity index (χ1n) is 6.65. The molecule has 102 valence electrons. The molecular weight excluding hydrogens is 228 g/mol. The molecule has 5 heteroatoms. The van der Waals surface area contributed by atoms with Gasteiger partial charge in [0.15, 0.2) is 0 Å². The molecule has 1 aliphatic rings. The summed E-state index contributed by atoms with van der Waals surface area (Å²) in [5, 5.41) is 4.53. The fourth-order valence-corrected chi connectivity index (χ4v) is 2.87. The fraction of sp³-hybridized carbons (Fsp3) is 0.769. The van der Waals surface area contributed by atoms with Crippen LogP contribution in [0.1, 0.15) is 25.1 Å². The third kappa shape index (κ3) is 2.52. The molecule has 0 radical (unpaired) electrons. The number of hydrogen-bond acceptors (Lipinski definition) is 4. The van der Waals surface area contributed by atoms with E-state index in [9.17, 15) is 0 Å². The molecule has 2 N–H and O–H groups in total. The summed E-state index contributed by atoms with van der Waals surface area (Å²) in [5.41, 5.74) is 8.08. The lowest BCUT2D eigenvalue weighted by Crippen LogP contribution is -2.46. The van der Waals surface area contributed by atoms with E-state index in [1.165, 1.54) is 11.4 Å². The summed E-state index contributed by atoms with van der Waals surface area (Å²) in [4.78, 5) is 2.38. The minimum absolute atomic E-state index is 0.259. The van der Waals surface area contributed by atoms with Crippen molar-refractivity contribution >= 4 is 5.82 Å². The molecule has 2 unspecified atom stereocenters. The Balaban J connectivity index is 2.31. The van der Waals surface area contributed by atoms with Crippen LogP contribution < -0.4 is 10.6 Å². The van der Waals surface area contributed by atoms with Crippen molar-refractivity contribution in [1.29, 1.82) is 0 Å². The van der Waals surface area contributed by atoms with E-state index >= 15 is 0 Å². The van der Waals surface area contributed by atoms with Crippen molar-refractivity contribution in [1.82, 2.24) is 9.78 Å². The van der Waals surface area contributed by atoms with Gasteiger partial charge in [-0.05, 0) is 33.7 Å². The number of morpholine rings is 1. The maximum atomic E-state index is 5.79. The SMILES string of the molecule is Cc1nn(C)c(N2CC(C)OC(C)C2)c1CCN. The van der Waals surface area contributed by atoms with Crippen molar-refractivity contribution in [3.8, 4) is 0 Å². The van der Waals surface area contributed by atoms with Crippen molar-refractivity contribution in [2.75, 3.05) is 24.5 Å². The first-order valence-corrected chi connectivity index (χ1v) is 6.65. The van der Waals surface area contributed by atoms with Gasteiger partial charge in [0.1, 0.15) is 5.82 Å². The summed E-state index contributed by atoms with van der Waals surface area (Å²) in [7, 11) is 2.01. The summed E-state index contributed by atoms with van der Waals surface area (Å²) >= 11 is 0. The largest absolute Gasteiger partial charge is 0.372 e. The van der Waals surface area contributed by atoms with Crippen molar-refractivity contribution in [2.24, 2.45) is 12.8 Å². The maximum absolute atomic E-state index is 5.79. The zero-order valence-electron chi connectivity index (χ0n) is 11.8. The van der Waals surface area contributed by atoms with Crippen molar-refractivity contribution in [2.45, 2.75) is 39.4 Å². The zero-order valence-corrected chi connectivity index (χ0v) is 11.8. The first-order chi connectivity index (χ1) is 8.52. The monoisotopic (exact) mass is 252 g/mol. The molecule has 2 atom stereocenters. The average Bonchev–Trinajstić information content (AvgIpc) is 2.53. The van der Waals surface area contributed by atoms with Gasteiger partial charge in [0.25, 0.3) is 0 Å². The summed E-state index contributed by atoms with van der Waals surface area (Å²) < 4.78 is 7.77. The number of ether oxygens (including phenoxy) is 1. The van der Waals surface area contributed by atoms with Gasteiger partial charge in [0.2, 0.25) is 0 Å². The Morgan fingerprint density at radius 2 is 1.94 bits per heavy atom. The molecule has 1 aromatic rings. The molecule has 1 saturated heterocycles. The van der Waals surface area contributed by atoms with E-state index in [2.05, 4.69) is 30.8 Å². The lowest BCUT2D eigenvalue weighted by atomic mass is 10.1. The van der Waals surface area contributed by atoms with E-state index < -0.39 is 0 Å². The molecule has 0 bridgehead atoms. The molecule has 0 aromatic carbocycles. The summed E-state index contributed by atoms with van der Waals surface area (Å²) in [6.45, 7) is 8.79. The van der Waals surface area contributed by atoms with Crippen LogP contribution >= 0.6 is 0 Å². The maximum Gasteiger partial charge on any atom is 0.130 e. The number of nitrogens with two attached hydrogens (primary N) is 1. The van der Waals surface area contributed by atoms with Gasteiger partial charge in [0.05, 0.1) is 17.9 Å². The normalized spacial score (nSPS) is 24.6. The molecule has 0 amide bonds. The third-order valence-electron chi connectivity index (χ3n) is 3.43. The number of hydrogen-bond donors (Lipinski definition) is 1. The van der Waals surface area contributed by atoms with Crippen molar-refractivity contribution in [3.05, 3.63) is 11.3 Å². The first kappa shape index (κ1) is 13.4. The predicted molar refractivity (Wildman–Crippen MR) is 72.9 cm³/mol. The van der Waals surface area contributed by atoms with Gasteiger partial charge in [-0.1, -0.05) is 0 Å². The van der Waals surface area contributed by atoms with Crippen LogP contribution in [0.4, 0.5) is 5.82 Å². The minimum atomic E-state index is 0.259. The number of anilines is 1. The van der Waals surface area contributed by atoms with Crippen LogP contribution in [0.5, 0.6) is 0 Å². The van der Waals surface area contributed by atoms with Crippen LogP contribution in [0.3, 0.4) is 0 Å². The highest BCUT2D eigenvalue weighted by atomic mass is 16.5. The number of aromatic nitrogens is 2. The smallest absolute Gasteiger partial charge is 0.130 e.